The SMILES string of the molecule is Cc1cc(-c2c(-c3ccccc3)nc(N)[n+]3c(=O)n(CC(C)C)[nH]c23)cc(C)[n+]1[O-]. The number of aromatic nitrogens is 5. The standard InChI is InChI=1S/C22H24N6O2/c1-13(2)12-26-22(29)27-20(25-26)18(17-10-14(3)28(30)15(4)11-17)19(24-21(27)23)16-8-6-5-7-9-16/h5-11,13H,12H2,1-4H3,(H2,23,24,25)/p+1. The molecule has 4 rings (SSSR count). The van der Waals surface area contributed by atoms with Gasteiger partial charge in [0.15, 0.2) is 11.4 Å². The first-order valence-electron chi connectivity index (χ1n) is 9.88. The zero-order valence-electron chi connectivity index (χ0n) is 17.5. The third-order valence-corrected chi connectivity index (χ3v) is 5.07. The highest BCUT2D eigenvalue weighted by Crippen LogP contribution is 2.33. The van der Waals surface area contributed by atoms with Gasteiger partial charge in [-0.2, -0.15) is 9.41 Å². The highest BCUT2D eigenvalue weighted by molar-refractivity contribution is 5.88. The normalized spacial score (nSPS) is 11.5. The third kappa shape index (κ3) is 3.20. The number of nitrogen functional groups attached to an aromatic ring is 1. The van der Waals surface area contributed by atoms with E-state index in [1.807, 2.05) is 44.2 Å². The Bertz CT molecular complexity index is 1280. The van der Waals surface area contributed by atoms with E-state index in [0.717, 1.165) is 21.4 Å². The molecule has 0 saturated heterocycles. The molecule has 3 aromatic heterocycles. The van der Waals surface area contributed by atoms with E-state index in [1.54, 1.807) is 30.7 Å². The van der Waals surface area contributed by atoms with Crippen LogP contribution < -0.4 is 20.6 Å². The molecule has 8 nitrogen and oxygen atoms in total. The van der Waals surface area contributed by atoms with Gasteiger partial charge in [0.25, 0.3) is 0 Å². The van der Waals surface area contributed by atoms with E-state index in [-0.39, 0.29) is 17.6 Å². The first-order valence-corrected chi connectivity index (χ1v) is 9.88. The zero-order chi connectivity index (χ0) is 21.6. The van der Waals surface area contributed by atoms with E-state index in [1.165, 1.54) is 4.40 Å². The van der Waals surface area contributed by atoms with Crippen molar-refractivity contribution in [1.29, 1.82) is 0 Å². The zero-order valence-corrected chi connectivity index (χ0v) is 17.5. The van der Waals surface area contributed by atoms with Crippen molar-refractivity contribution in [3.05, 3.63) is 69.5 Å². The number of aryl methyl sites for hydroxylation is 2. The van der Waals surface area contributed by atoms with Crippen molar-refractivity contribution in [2.75, 3.05) is 5.73 Å². The molecule has 0 aliphatic rings. The number of hydrogen-bond acceptors (Lipinski definition) is 4. The Kier molecular flexibility index (Phi) is 4.77. The summed E-state index contributed by atoms with van der Waals surface area (Å²) in [5.41, 5.74) is 10.7. The summed E-state index contributed by atoms with van der Waals surface area (Å²) >= 11 is 0. The molecule has 154 valence electrons. The highest BCUT2D eigenvalue weighted by atomic mass is 16.5. The molecular formula is C22H25N6O2+. The van der Waals surface area contributed by atoms with E-state index in [4.69, 9.17) is 5.73 Å². The molecule has 0 amide bonds. The topological polar surface area (TPSA) is 108 Å². The van der Waals surface area contributed by atoms with Gasteiger partial charge in [-0.05, 0) is 5.92 Å². The molecule has 1 aromatic carbocycles. The van der Waals surface area contributed by atoms with Crippen molar-refractivity contribution >= 4 is 11.6 Å². The summed E-state index contributed by atoms with van der Waals surface area (Å²) in [5, 5.41) is 15.4. The van der Waals surface area contributed by atoms with Gasteiger partial charge >= 0.3 is 11.6 Å². The number of nitrogens with two attached hydrogens (primary N) is 1. The average Bonchev–Trinajstić information content (AvgIpc) is 3.02. The predicted molar refractivity (Wildman–Crippen MR) is 115 cm³/mol. The molecule has 3 heterocycles. The van der Waals surface area contributed by atoms with Crippen LogP contribution in [0.3, 0.4) is 0 Å². The van der Waals surface area contributed by atoms with Gasteiger partial charge in [-0.15, -0.1) is 9.38 Å². The average molecular weight is 405 g/mol. The van der Waals surface area contributed by atoms with Gasteiger partial charge in [0.1, 0.15) is 5.69 Å². The summed E-state index contributed by atoms with van der Waals surface area (Å²) < 4.78 is 3.83. The summed E-state index contributed by atoms with van der Waals surface area (Å²) in [7, 11) is 0. The molecule has 0 spiro atoms. The fourth-order valence-corrected chi connectivity index (χ4v) is 3.75. The van der Waals surface area contributed by atoms with Crippen molar-refractivity contribution < 1.29 is 9.13 Å². The Balaban J connectivity index is 2.14. The van der Waals surface area contributed by atoms with Crippen LogP contribution in [-0.2, 0) is 6.54 Å². The highest BCUT2D eigenvalue weighted by Gasteiger charge is 2.27. The van der Waals surface area contributed by atoms with Gasteiger partial charge in [0, 0.05) is 37.1 Å². The Hall–Kier alpha value is -3.68. The van der Waals surface area contributed by atoms with E-state index >= 15 is 0 Å². The number of fused-ring (bicyclic) bond motifs is 1. The number of hydrogen-bond donors (Lipinski definition) is 2. The summed E-state index contributed by atoms with van der Waals surface area (Å²) in [6, 6.07) is 13.3. The largest absolute Gasteiger partial charge is 0.618 e. The molecular weight excluding hydrogens is 380 g/mol. The van der Waals surface area contributed by atoms with Gasteiger partial charge in [0.2, 0.25) is 5.65 Å². The molecule has 0 bridgehead atoms. The number of anilines is 1. The third-order valence-electron chi connectivity index (χ3n) is 5.07. The summed E-state index contributed by atoms with van der Waals surface area (Å²) in [5.74, 6) is 0.378. The second kappa shape index (κ2) is 7.29. The lowest BCUT2D eigenvalue weighted by atomic mass is 9.99. The summed E-state index contributed by atoms with van der Waals surface area (Å²) in [6.45, 7) is 8.11. The van der Waals surface area contributed by atoms with E-state index < -0.39 is 0 Å². The maximum atomic E-state index is 13.0. The second-order valence-corrected chi connectivity index (χ2v) is 7.96. The molecule has 0 aliphatic carbocycles. The van der Waals surface area contributed by atoms with Crippen LogP contribution in [0.25, 0.3) is 28.0 Å². The quantitative estimate of drug-likeness (QED) is 0.400. The molecule has 0 saturated carbocycles. The van der Waals surface area contributed by atoms with Crippen LogP contribution in [-0.4, -0.2) is 14.8 Å². The van der Waals surface area contributed by atoms with Crippen molar-refractivity contribution in [2.45, 2.75) is 34.2 Å². The van der Waals surface area contributed by atoms with Crippen LogP contribution >= 0.6 is 0 Å². The molecule has 0 radical (unpaired) electrons. The van der Waals surface area contributed by atoms with Gasteiger partial charge < -0.3 is 10.9 Å². The molecule has 30 heavy (non-hydrogen) atoms. The molecule has 8 heteroatoms. The van der Waals surface area contributed by atoms with E-state index in [2.05, 4.69) is 10.1 Å². The molecule has 0 atom stereocenters. The summed E-state index contributed by atoms with van der Waals surface area (Å²) in [6.07, 6.45) is 0. The minimum absolute atomic E-state index is 0.111. The Labute approximate surface area is 173 Å². The van der Waals surface area contributed by atoms with Gasteiger partial charge in [-0.25, -0.2) is 9.89 Å². The van der Waals surface area contributed by atoms with Crippen LogP contribution in [0.4, 0.5) is 5.95 Å². The number of pyridine rings is 1. The first kappa shape index (κ1) is 19.6. The maximum Gasteiger partial charge on any atom is 0.428 e. The van der Waals surface area contributed by atoms with Crippen LogP contribution in [0, 0.1) is 25.0 Å². The molecule has 0 unspecified atom stereocenters. The number of aromatic amines is 1. The van der Waals surface area contributed by atoms with Crippen molar-refractivity contribution in [1.82, 2.24) is 14.8 Å². The Morgan fingerprint density at radius 2 is 1.77 bits per heavy atom. The first-order chi connectivity index (χ1) is 14.3. The lowest BCUT2D eigenvalue weighted by molar-refractivity contribution is -0.619. The van der Waals surface area contributed by atoms with E-state index in [9.17, 15) is 10.0 Å². The van der Waals surface area contributed by atoms with Gasteiger partial charge in [0.05, 0.1) is 12.1 Å². The van der Waals surface area contributed by atoms with Crippen LogP contribution in [0.15, 0.2) is 47.3 Å². The van der Waals surface area contributed by atoms with Gasteiger partial charge in [-0.3, -0.25) is 0 Å². The monoisotopic (exact) mass is 405 g/mol. The lowest BCUT2D eigenvalue weighted by Gasteiger charge is -2.11. The fraction of sp³-hybridized carbons (Fsp3) is 0.273. The van der Waals surface area contributed by atoms with E-state index in [0.29, 0.717) is 29.3 Å². The van der Waals surface area contributed by atoms with Crippen LogP contribution in [0.2, 0.25) is 0 Å². The van der Waals surface area contributed by atoms with Crippen molar-refractivity contribution in [2.24, 2.45) is 5.92 Å². The van der Waals surface area contributed by atoms with Crippen molar-refractivity contribution in [3.8, 4) is 22.4 Å². The molecule has 0 aliphatic heterocycles. The van der Waals surface area contributed by atoms with Crippen LogP contribution in [0.5, 0.6) is 0 Å². The number of H-pyrrole nitrogens is 1. The number of nitrogens with one attached hydrogen (secondary N) is 1. The molecule has 3 N–H and O–H groups in total. The molecule has 0 fully saturated rings. The second-order valence-electron chi connectivity index (χ2n) is 7.96. The van der Waals surface area contributed by atoms with Gasteiger partial charge in [-0.1, -0.05) is 44.2 Å². The van der Waals surface area contributed by atoms with Crippen molar-refractivity contribution in [3.63, 3.8) is 0 Å². The summed E-state index contributed by atoms with van der Waals surface area (Å²) in [4.78, 5) is 17.6. The lowest BCUT2D eigenvalue weighted by Crippen LogP contribution is -2.44. The number of nitrogens with zero attached hydrogens (tertiary/aromatic N) is 4. The minimum atomic E-state index is -0.271. The Morgan fingerprint density at radius 3 is 2.37 bits per heavy atom. The van der Waals surface area contributed by atoms with Crippen LogP contribution in [0.1, 0.15) is 25.2 Å². The number of rotatable bonds is 4. The predicted octanol–water partition coefficient (Wildman–Crippen LogP) is 2.13. The minimum Gasteiger partial charge on any atom is -0.618 e. The molecule has 4 aromatic rings. The fourth-order valence-electron chi connectivity index (χ4n) is 3.75. The maximum absolute atomic E-state index is 13.0. The smallest absolute Gasteiger partial charge is 0.428 e. The Morgan fingerprint density at radius 1 is 1.13 bits per heavy atom. The number of benzene rings is 1.